The molecule has 0 radical (unpaired) electrons. The predicted octanol–water partition coefficient (Wildman–Crippen LogP) is 3.25. The molecule has 0 aliphatic carbocycles. The van der Waals surface area contributed by atoms with E-state index in [1.807, 2.05) is 78.8 Å². The SMILES string of the molecule is CN[C@H](C(=O)N[C@H](C(=O)NC(/C=C(\C)C(=O)O)C(C)C)C(C)(C)C)C(C)(C)c1ccccc1. The number of nitrogens with one attached hydrogen (secondary N) is 3. The summed E-state index contributed by atoms with van der Waals surface area (Å²) in [4.78, 5) is 38.0. The first kappa shape index (κ1) is 28.4. The van der Waals surface area contributed by atoms with Crippen LogP contribution >= 0.6 is 0 Å². The molecular weight excluding hydrogens is 418 g/mol. The summed E-state index contributed by atoms with van der Waals surface area (Å²) in [5, 5.41) is 18.2. The molecular formula is C26H41N3O4. The minimum atomic E-state index is -1.03. The largest absolute Gasteiger partial charge is 0.478 e. The van der Waals surface area contributed by atoms with Crippen molar-refractivity contribution >= 4 is 17.8 Å². The molecule has 1 aromatic rings. The molecule has 4 N–H and O–H groups in total. The second kappa shape index (κ2) is 11.5. The van der Waals surface area contributed by atoms with Gasteiger partial charge in [0.05, 0.1) is 12.1 Å². The van der Waals surface area contributed by atoms with E-state index in [9.17, 15) is 19.5 Å². The number of carbonyl (C=O) groups excluding carboxylic acids is 2. The van der Waals surface area contributed by atoms with Gasteiger partial charge in [0.25, 0.3) is 0 Å². The molecule has 184 valence electrons. The Morgan fingerprint density at radius 2 is 1.42 bits per heavy atom. The van der Waals surface area contributed by atoms with Crippen LogP contribution in [0.5, 0.6) is 0 Å². The highest BCUT2D eigenvalue weighted by Crippen LogP contribution is 2.28. The van der Waals surface area contributed by atoms with Crippen molar-refractivity contribution in [2.75, 3.05) is 7.05 Å². The Kier molecular flexibility index (Phi) is 9.85. The number of rotatable bonds is 10. The van der Waals surface area contributed by atoms with E-state index in [0.717, 1.165) is 5.56 Å². The Balaban J connectivity index is 3.18. The van der Waals surface area contributed by atoms with Crippen LogP contribution in [0.2, 0.25) is 0 Å². The van der Waals surface area contributed by atoms with Gasteiger partial charge in [-0.3, -0.25) is 9.59 Å². The molecule has 0 bridgehead atoms. The molecule has 0 aromatic heterocycles. The van der Waals surface area contributed by atoms with Crippen LogP contribution in [0.3, 0.4) is 0 Å². The highest BCUT2D eigenvalue weighted by Gasteiger charge is 2.40. The van der Waals surface area contributed by atoms with E-state index in [-0.39, 0.29) is 23.3 Å². The van der Waals surface area contributed by atoms with Crippen LogP contribution in [-0.4, -0.2) is 48.1 Å². The van der Waals surface area contributed by atoms with Gasteiger partial charge in [0.15, 0.2) is 0 Å². The molecule has 0 aliphatic heterocycles. The van der Waals surface area contributed by atoms with Gasteiger partial charge in [0.1, 0.15) is 6.04 Å². The van der Waals surface area contributed by atoms with E-state index in [2.05, 4.69) is 16.0 Å². The number of likely N-dealkylation sites (N-methyl/N-ethyl adjacent to an activating group) is 1. The molecule has 0 heterocycles. The summed E-state index contributed by atoms with van der Waals surface area (Å²) in [6.45, 7) is 14.9. The molecule has 0 spiro atoms. The van der Waals surface area contributed by atoms with Gasteiger partial charge in [0.2, 0.25) is 11.8 Å². The monoisotopic (exact) mass is 459 g/mol. The number of carboxylic acids is 1. The lowest BCUT2D eigenvalue weighted by molar-refractivity contribution is -0.133. The summed E-state index contributed by atoms with van der Waals surface area (Å²) in [5.41, 5.74) is 0.0682. The molecule has 0 fully saturated rings. The third kappa shape index (κ3) is 7.70. The van der Waals surface area contributed by atoms with Crippen LogP contribution in [0, 0.1) is 11.3 Å². The molecule has 0 saturated carbocycles. The lowest BCUT2D eigenvalue weighted by atomic mass is 9.76. The Bertz CT molecular complexity index is 854. The lowest BCUT2D eigenvalue weighted by Gasteiger charge is -2.37. The summed E-state index contributed by atoms with van der Waals surface area (Å²) >= 11 is 0. The average Bonchev–Trinajstić information content (AvgIpc) is 2.71. The van der Waals surface area contributed by atoms with Gasteiger partial charge >= 0.3 is 5.97 Å². The molecule has 2 amide bonds. The number of carboxylic acid groups (broad SMARTS) is 1. The van der Waals surface area contributed by atoms with E-state index in [1.54, 1.807) is 13.1 Å². The quantitative estimate of drug-likeness (QED) is 0.402. The Morgan fingerprint density at radius 3 is 1.85 bits per heavy atom. The molecule has 1 unspecified atom stereocenters. The van der Waals surface area contributed by atoms with Crippen molar-refractivity contribution in [1.29, 1.82) is 0 Å². The van der Waals surface area contributed by atoms with Crippen molar-refractivity contribution in [2.24, 2.45) is 11.3 Å². The van der Waals surface area contributed by atoms with Crippen molar-refractivity contribution in [2.45, 2.75) is 78.9 Å². The second-order valence-electron chi connectivity index (χ2n) is 10.6. The topological polar surface area (TPSA) is 108 Å². The van der Waals surface area contributed by atoms with Gasteiger partial charge < -0.3 is 21.1 Å². The maximum absolute atomic E-state index is 13.4. The smallest absolute Gasteiger partial charge is 0.331 e. The van der Waals surface area contributed by atoms with Crippen molar-refractivity contribution < 1.29 is 19.5 Å². The minimum Gasteiger partial charge on any atom is -0.478 e. The standard InChI is InChI=1S/C26H41N3O4/c1-16(2)19(15-17(3)24(32)33)28-22(30)20(25(4,5)6)29-23(31)21(27-9)26(7,8)18-13-11-10-12-14-18/h10-16,19-21,27H,1-9H3,(H,28,30)(H,29,31)(H,32,33)/b17-15+/t19?,20-,21-/m1/s1. The molecule has 1 aromatic carbocycles. The summed E-state index contributed by atoms with van der Waals surface area (Å²) in [6, 6.07) is 7.90. The zero-order valence-corrected chi connectivity index (χ0v) is 21.4. The maximum Gasteiger partial charge on any atom is 0.331 e. The number of hydrogen-bond donors (Lipinski definition) is 4. The van der Waals surface area contributed by atoms with Crippen LogP contribution in [0.4, 0.5) is 0 Å². The average molecular weight is 460 g/mol. The Hall–Kier alpha value is -2.67. The van der Waals surface area contributed by atoms with E-state index in [0.29, 0.717) is 0 Å². The van der Waals surface area contributed by atoms with E-state index >= 15 is 0 Å². The van der Waals surface area contributed by atoms with Crippen LogP contribution in [0.25, 0.3) is 0 Å². The van der Waals surface area contributed by atoms with Gasteiger partial charge in [-0.15, -0.1) is 0 Å². The molecule has 7 nitrogen and oxygen atoms in total. The summed E-state index contributed by atoms with van der Waals surface area (Å²) in [6.07, 6.45) is 1.54. The van der Waals surface area contributed by atoms with E-state index < -0.39 is 34.9 Å². The normalized spacial score (nSPS) is 15.5. The second-order valence-corrected chi connectivity index (χ2v) is 10.6. The van der Waals surface area contributed by atoms with E-state index in [4.69, 9.17) is 0 Å². The van der Waals surface area contributed by atoms with Crippen LogP contribution in [0.15, 0.2) is 42.0 Å². The third-order valence-corrected chi connectivity index (χ3v) is 6.00. The van der Waals surface area contributed by atoms with Gasteiger partial charge in [-0.1, -0.05) is 84.9 Å². The van der Waals surface area contributed by atoms with Crippen molar-refractivity contribution in [3.63, 3.8) is 0 Å². The highest BCUT2D eigenvalue weighted by atomic mass is 16.4. The van der Waals surface area contributed by atoms with Gasteiger partial charge in [-0.05, 0) is 30.9 Å². The number of hydrogen-bond acceptors (Lipinski definition) is 4. The maximum atomic E-state index is 13.4. The molecule has 7 heteroatoms. The predicted molar refractivity (Wildman–Crippen MR) is 132 cm³/mol. The van der Waals surface area contributed by atoms with Crippen molar-refractivity contribution in [3.8, 4) is 0 Å². The molecule has 33 heavy (non-hydrogen) atoms. The zero-order chi connectivity index (χ0) is 25.6. The fourth-order valence-corrected chi connectivity index (χ4v) is 3.74. The summed E-state index contributed by atoms with van der Waals surface area (Å²) < 4.78 is 0. The van der Waals surface area contributed by atoms with Gasteiger partial charge in [-0.25, -0.2) is 4.79 Å². The Labute approximate surface area is 198 Å². The molecule has 0 saturated heterocycles. The number of carbonyl (C=O) groups is 3. The molecule has 0 aliphatic rings. The van der Waals surface area contributed by atoms with Crippen LogP contribution < -0.4 is 16.0 Å². The van der Waals surface area contributed by atoms with Gasteiger partial charge in [0, 0.05) is 11.0 Å². The first-order valence-electron chi connectivity index (χ1n) is 11.4. The lowest BCUT2D eigenvalue weighted by Crippen LogP contribution is -2.61. The minimum absolute atomic E-state index is 0.0263. The fourth-order valence-electron chi connectivity index (χ4n) is 3.74. The number of aliphatic carboxylic acids is 1. The highest BCUT2D eigenvalue weighted by molar-refractivity contribution is 5.91. The fraction of sp³-hybridized carbons (Fsp3) is 0.577. The first-order chi connectivity index (χ1) is 15.1. The van der Waals surface area contributed by atoms with E-state index in [1.165, 1.54) is 6.92 Å². The summed E-state index contributed by atoms with van der Waals surface area (Å²) in [7, 11) is 1.73. The van der Waals surface area contributed by atoms with Crippen LogP contribution in [0.1, 0.15) is 61.0 Å². The summed E-state index contributed by atoms with van der Waals surface area (Å²) in [5.74, 6) is -1.69. The first-order valence-corrected chi connectivity index (χ1v) is 11.4. The zero-order valence-electron chi connectivity index (χ0n) is 21.4. The number of amides is 2. The molecule has 1 rings (SSSR count). The number of benzene rings is 1. The van der Waals surface area contributed by atoms with Crippen molar-refractivity contribution in [3.05, 3.63) is 47.5 Å². The Morgan fingerprint density at radius 1 is 0.909 bits per heavy atom. The molecule has 3 atom stereocenters. The van der Waals surface area contributed by atoms with Gasteiger partial charge in [-0.2, -0.15) is 0 Å². The third-order valence-electron chi connectivity index (χ3n) is 6.00. The van der Waals surface area contributed by atoms with Crippen molar-refractivity contribution in [1.82, 2.24) is 16.0 Å². The van der Waals surface area contributed by atoms with Crippen LogP contribution in [-0.2, 0) is 19.8 Å².